The van der Waals surface area contributed by atoms with E-state index in [1.165, 1.54) is 0 Å². The van der Waals surface area contributed by atoms with Gasteiger partial charge in [-0.05, 0) is 24.6 Å². The molecule has 0 saturated heterocycles. The Hall–Kier alpha value is -2.40. The summed E-state index contributed by atoms with van der Waals surface area (Å²) in [6.07, 6.45) is 1.69. The van der Waals surface area contributed by atoms with Crippen LogP contribution in [0.4, 0.5) is 4.79 Å². The number of hydroxylamine groups is 1. The average molecular weight is 271 g/mol. The van der Waals surface area contributed by atoms with Crippen LogP contribution in [0.25, 0.3) is 0 Å². The highest BCUT2D eigenvalue weighted by Gasteiger charge is 2.09. The van der Waals surface area contributed by atoms with E-state index in [-0.39, 0.29) is 12.1 Å². The minimum Gasteiger partial charge on any atom is -0.328 e. The second kappa shape index (κ2) is 7.25. The van der Waals surface area contributed by atoms with Crippen LogP contribution in [0, 0.1) is 0 Å². The topological polar surface area (TPSA) is 63.2 Å². The van der Waals surface area contributed by atoms with E-state index in [1.807, 2.05) is 55.5 Å². The molecule has 1 aromatic heterocycles. The van der Waals surface area contributed by atoms with Crippen molar-refractivity contribution in [2.75, 3.05) is 0 Å². The van der Waals surface area contributed by atoms with Gasteiger partial charge in [-0.3, -0.25) is 9.82 Å². The molecule has 5 heteroatoms. The fourth-order valence-electron chi connectivity index (χ4n) is 1.69. The number of amides is 2. The molecule has 0 aliphatic heterocycles. The molecule has 2 aromatic rings. The third-order valence-corrected chi connectivity index (χ3v) is 2.73. The maximum absolute atomic E-state index is 11.6. The Kier molecular flexibility index (Phi) is 5.08. The molecule has 1 unspecified atom stereocenters. The first-order valence-electron chi connectivity index (χ1n) is 6.39. The van der Waals surface area contributed by atoms with Crippen LogP contribution >= 0.6 is 0 Å². The number of hydrogen-bond donors (Lipinski definition) is 2. The lowest BCUT2D eigenvalue weighted by Gasteiger charge is -2.13. The molecule has 2 N–H and O–H groups in total. The maximum Gasteiger partial charge on any atom is 0.339 e. The van der Waals surface area contributed by atoms with Crippen molar-refractivity contribution < 1.29 is 9.63 Å². The molecule has 2 amide bonds. The van der Waals surface area contributed by atoms with Crippen LogP contribution in [0.5, 0.6) is 0 Å². The van der Waals surface area contributed by atoms with E-state index in [4.69, 9.17) is 4.84 Å². The van der Waals surface area contributed by atoms with Crippen molar-refractivity contribution in [3.05, 3.63) is 66.0 Å². The van der Waals surface area contributed by atoms with Crippen molar-refractivity contribution in [3.8, 4) is 0 Å². The normalized spacial score (nSPS) is 11.7. The van der Waals surface area contributed by atoms with Gasteiger partial charge in [0, 0.05) is 6.20 Å². The second-order valence-electron chi connectivity index (χ2n) is 4.33. The molecule has 0 radical (unpaired) electrons. The van der Waals surface area contributed by atoms with Gasteiger partial charge in [0.2, 0.25) is 0 Å². The summed E-state index contributed by atoms with van der Waals surface area (Å²) in [6.45, 7) is 2.19. The molecule has 20 heavy (non-hydrogen) atoms. The van der Waals surface area contributed by atoms with E-state index in [1.54, 1.807) is 6.20 Å². The summed E-state index contributed by atoms with van der Waals surface area (Å²) in [4.78, 5) is 21.0. The first kappa shape index (κ1) is 14.0. The molecule has 5 nitrogen and oxygen atoms in total. The summed E-state index contributed by atoms with van der Waals surface area (Å²) in [5.41, 5.74) is 4.14. The number of pyridine rings is 1. The lowest BCUT2D eigenvalue weighted by Crippen LogP contribution is -2.37. The fraction of sp³-hybridized carbons (Fsp3) is 0.200. The first-order chi connectivity index (χ1) is 9.75. The van der Waals surface area contributed by atoms with E-state index in [0.717, 1.165) is 11.3 Å². The Labute approximate surface area is 117 Å². The monoisotopic (exact) mass is 271 g/mol. The molecule has 0 fully saturated rings. The number of aromatic nitrogens is 1. The summed E-state index contributed by atoms with van der Waals surface area (Å²) in [5, 5.41) is 2.74. The molecule has 0 bridgehead atoms. The Bertz CT molecular complexity index is 531. The predicted octanol–water partition coefficient (Wildman–Crippen LogP) is 2.57. The lowest BCUT2D eigenvalue weighted by atomic mass is 10.2. The molecule has 1 aromatic carbocycles. The van der Waals surface area contributed by atoms with E-state index in [9.17, 15) is 4.79 Å². The standard InChI is InChI=1S/C15H17N3O2/c1-12(14-9-5-6-10-16-14)17-15(19)18-20-11-13-7-3-2-4-8-13/h2-10,12H,11H2,1H3,(H2,17,18,19). The minimum absolute atomic E-state index is 0.184. The summed E-state index contributed by atoms with van der Waals surface area (Å²) in [7, 11) is 0. The zero-order valence-corrected chi connectivity index (χ0v) is 11.2. The van der Waals surface area contributed by atoms with Gasteiger partial charge in [-0.25, -0.2) is 10.3 Å². The van der Waals surface area contributed by atoms with Crippen LogP contribution in [-0.2, 0) is 11.4 Å². The second-order valence-corrected chi connectivity index (χ2v) is 4.33. The van der Waals surface area contributed by atoms with Gasteiger partial charge in [0.1, 0.15) is 0 Å². The molecule has 0 saturated carbocycles. The number of carbonyl (C=O) groups is 1. The first-order valence-corrected chi connectivity index (χ1v) is 6.39. The molecule has 1 heterocycles. The molecule has 1 atom stereocenters. The van der Waals surface area contributed by atoms with Gasteiger partial charge in [-0.2, -0.15) is 0 Å². The molecule has 104 valence electrons. The van der Waals surface area contributed by atoms with Gasteiger partial charge in [-0.15, -0.1) is 0 Å². The van der Waals surface area contributed by atoms with Crippen LogP contribution < -0.4 is 10.8 Å². The molecule has 0 aliphatic rings. The van der Waals surface area contributed by atoms with Crippen molar-refractivity contribution in [2.24, 2.45) is 0 Å². The number of hydrogen-bond acceptors (Lipinski definition) is 3. The van der Waals surface area contributed by atoms with Gasteiger partial charge in [0.05, 0.1) is 18.3 Å². The van der Waals surface area contributed by atoms with Gasteiger partial charge >= 0.3 is 6.03 Å². The fourth-order valence-corrected chi connectivity index (χ4v) is 1.69. The maximum atomic E-state index is 11.6. The Morgan fingerprint density at radius 1 is 1.20 bits per heavy atom. The summed E-state index contributed by atoms with van der Waals surface area (Å²) < 4.78 is 0. The number of nitrogens with one attached hydrogen (secondary N) is 2. The predicted molar refractivity (Wildman–Crippen MR) is 75.6 cm³/mol. The summed E-state index contributed by atoms with van der Waals surface area (Å²) in [5.74, 6) is 0. The highest BCUT2D eigenvalue weighted by Crippen LogP contribution is 2.07. The average Bonchev–Trinajstić information content (AvgIpc) is 2.49. The van der Waals surface area contributed by atoms with E-state index < -0.39 is 0 Å². The third kappa shape index (κ3) is 4.37. The third-order valence-electron chi connectivity index (χ3n) is 2.73. The van der Waals surface area contributed by atoms with Crippen molar-refractivity contribution in [1.29, 1.82) is 0 Å². The number of rotatable bonds is 5. The molecule has 0 spiro atoms. The highest BCUT2D eigenvalue weighted by molar-refractivity contribution is 5.73. The van der Waals surface area contributed by atoms with Crippen molar-refractivity contribution >= 4 is 6.03 Å². The number of carbonyl (C=O) groups excluding carboxylic acids is 1. The largest absolute Gasteiger partial charge is 0.339 e. The van der Waals surface area contributed by atoms with E-state index in [2.05, 4.69) is 15.8 Å². The van der Waals surface area contributed by atoms with Crippen LogP contribution in [0.3, 0.4) is 0 Å². The van der Waals surface area contributed by atoms with Crippen molar-refractivity contribution in [3.63, 3.8) is 0 Å². The highest BCUT2D eigenvalue weighted by atomic mass is 16.7. The zero-order chi connectivity index (χ0) is 14.2. The van der Waals surface area contributed by atoms with Crippen LogP contribution in [0.2, 0.25) is 0 Å². The molecule has 0 aliphatic carbocycles. The molecule has 2 rings (SSSR count). The molecular formula is C15H17N3O2. The number of urea groups is 1. The Balaban J connectivity index is 1.73. The molecular weight excluding hydrogens is 254 g/mol. The van der Waals surface area contributed by atoms with Gasteiger partial charge in [0.25, 0.3) is 0 Å². The van der Waals surface area contributed by atoms with Crippen LogP contribution in [-0.4, -0.2) is 11.0 Å². The number of nitrogens with zero attached hydrogens (tertiary/aromatic N) is 1. The van der Waals surface area contributed by atoms with Crippen LogP contribution in [0.15, 0.2) is 54.7 Å². The summed E-state index contributed by atoms with van der Waals surface area (Å²) in [6, 6.07) is 14.6. The van der Waals surface area contributed by atoms with Gasteiger partial charge in [0.15, 0.2) is 0 Å². The van der Waals surface area contributed by atoms with Gasteiger partial charge in [-0.1, -0.05) is 36.4 Å². The minimum atomic E-state index is -0.390. The zero-order valence-electron chi connectivity index (χ0n) is 11.2. The number of benzene rings is 1. The quantitative estimate of drug-likeness (QED) is 0.821. The van der Waals surface area contributed by atoms with Crippen molar-refractivity contribution in [2.45, 2.75) is 19.6 Å². The van der Waals surface area contributed by atoms with E-state index in [0.29, 0.717) is 6.61 Å². The smallest absolute Gasteiger partial charge is 0.328 e. The Morgan fingerprint density at radius 2 is 1.95 bits per heavy atom. The van der Waals surface area contributed by atoms with Crippen LogP contribution in [0.1, 0.15) is 24.2 Å². The SMILES string of the molecule is CC(NC(=O)NOCc1ccccc1)c1ccccn1. The van der Waals surface area contributed by atoms with Gasteiger partial charge < -0.3 is 5.32 Å². The summed E-state index contributed by atoms with van der Waals surface area (Å²) >= 11 is 0. The van der Waals surface area contributed by atoms with E-state index >= 15 is 0 Å². The van der Waals surface area contributed by atoms with Crippen molar-refractivity contribution in [1.82, 2.24) is 15.8 Å². The lowest BCUT2D eigenvalue weighted by molar-refractivity contribution is 0.0482. The Morgan fingerprint density at radius 3 is 2.65 bits per heavy atom.